The minimum absolute atomic E-state index is 0.160. The molecule has 0 spiro atoms. The molecule has 2 heterocycles. The number of amides is 1. The summed E-state index contributed by atoms with van der Waals surface area (Å²) in [7, 11) is 0. The minimum atomic E-state index is -0.160. The van der Waals surface area contributed by atoms with Crippen molar-refractivity contribution in [3.8, 4) is 0 Å². The zero-order valence-electron chi connectivity index (χ0n) is 15.2. The summed E-state index contributed by atoms with van der Waals surface area (Å²) in [5, 5.41) is 5.01. The number of fused-ring (bicyclic) bond motifs is 1. The van der Waals surface area contributed by atoms with Crippen molar-refractivity contribution in [3.05, 3.63) is 89.4 Å². The van der Waals surface area contributed by atoms with Crippen LogP contribution in [-0.4, -0.2) is 16.0 Å². The Morgan fingerprint density at radius 1 is 0.963 bits per heavy atom. The molecule has 0 fully saturated rings. The first-order valence-corrected chi connectivity index (χ1v) is 8.78. The third-order valence-electron chi connectivity index (χ3n) is 4.63. The van der Waals surface area contributed by atoms with Crippen molar-refractivity contribution in [1.82, 2.24) is 10.1 Å². The number of hydrogen-bond acceptors (Lipinski definition) is 4. The molecule has 0 aliphatic carbocycles. The standard InChI is InChI=1S/C22H19N3O2/c1-15-19(16(2)27-24-15)14-25(18-9-4-3-5-10-18)22(26)21-13-12-17-8-6-7-11-20(17)23-21/h3-13H,14H2,1-2H3. The number of para-hydroxylation sites is 2. The number of carbonyl (C=O) groups is 1. The Bertz CT molecular complexity index is 1080. The number of rotatable bonds is 4. The van der Waals surface area contributed by atoms with Crippen molar-refractivity contribution in [2.24, 2.45) is 0 Å². The van der Waals surface area contributed by atoms with Crippen molar-refractivity contribution in [3.63, 3.8) is 0 Å². The Hall–Kier alpha value is -3.47. The molecule has 0 unspecified atom stereocenters. The smallest absolute Gasteiger partial charge is 0.277 e. The number of carbonyl (C=O) groups excluding carboxylic acids is 1. The minimum Gasteiger partial charge on any atom is -0.361 e. The first-order valence-electron chi connectivity index (χ1n) is 8.78. The highest BCUT2D eigenvalue weighted by molar-refractivity contribution is 6.05. The largest absolute Gasteiger partial charge is 0.361 e. The van der Waals surface area contributed by atoms with Gasteiger partial charge in [0.15, 0.2) is 0 Å². The average molecular weight is 357 g/mol. The second kappa shape index (κ2) is 7.03. The van der Waals surface area contributed by atoms with E-state index in [-0.39, 0.29) is 5.91 Å². The Morgan fingerprint density at radius 3 is 2.44 bits per heavy atom. The molecule has 0 aliphatic rings. The van der Waals surface area contributed by atoms with Crippen molar-refractivity contribution in [2.75, 3.05) is 4.90 Å². The van der Waals surface area contributed by atoms with Crippen LogP contribution in [0.2, 0.25) is 0 Å². The summed E-state index contributed by atoms with van der Waals surface area (Å²) in [5.41, 5.74) is 3.70. The number of nitrogens with zero attached hydrogens (tertiary/aromatic N) is 3. The normalized spacial score (nSPS) is 10.9. The van der Waals surface area contributed by atoms with E-state index in [1.165, 1.54) is 0 Å². The number of benzene rings is 2. The Balaban J connectivity index is 1.76. The van der Waals surface area contributed by atoms with Gasteiger partial charge < -0.3 is 9.42 Å². The van der Waals surface area contributed by atoms with Gasteiger partial charge >= 0.3 is 0 Å². The maximum Gasteiger partial charge on any atom is 0.277 e. The van der Waals surface area contributed by atoms with E-state index in [9.17, 15) is 4.79 Å². The van der Waals surface area contributed by atoms with Crippen LogP contribution in [0.25, 0.3) is 10.9 Å². The van der Waals surface area contributed by atoms with E-state index in [1.807, 2.05) is 74.5 Å². The monoisotopic (exact) mass is 357 g/mol. The number of aryl methyl sites for hydroxylation is 2. The molecule has 2 aromatic carbocycles. The molecular formula is C22H19N3O2. The van der Waals surface area contributed by atoms with E-state index in [4.69, 9.17) is 4.52 Å². The van der Waals surface area contributed by atoms with E-state index in [0.717, 1.165) is 27.8 Å². The summed E-state index contributed by atoms with van der Waals surface area (Å²) >= 11 is 0. The van der Waals surface area contributed by atoms with Gasteiger partial charge in [0.2, 0.25) is 0 Å². The zero-order chi connectivity index (χ0) is 18.8. The summed E-state index contributed by atoms with van der Waals surface area (Å²) in [5.74, 6) is 0.555. The fourth-order valence-electron chi connectivity index (χ4n) is 3.10. The maximum absolute atomic E-state index is 13.4. The molecule has 0 aliphatic heterocycles. The number of anilines is 1. The summed E-state index contributed by atoms with van der Waals surface area (Å²) < 4.78 is 5.27. The Kier molecular flexibility index (Phi) is 4.42. The van der Waals surface area contributed by atoms with Gasteiger partial charge in [0.25, 0.3) is 5.91 Å². The van der Waals surface area contributed by atoms with Crippen molar-refractivity contribution in [1.29, 1.82) is 0 Å². The van der Waals surface area contributed by atoms with Gasteiger partial charge in [-0.05, 0) is 38.1 Å². The number of aromatic nitrogens is 2. The summed E-state index contributed by atoms with van der Waals surface area (Å²) in [6.07, 6.45) is 0. The predicted octanol–water partition coefficient (Wildman–Crippen LogP) is 4.69. The van der Waals surface area contributed by atoms with Crippen LogP contribution in [0.3, 0.4) is 0 Å². The lowest BCUT2D eigenvalue weighted by atomic mass is 10.1. The van der Waals surface area contributed by atoms with Crippen LogP contribution in [0, 0.1) is 13.8 Å². The molecule has 134 valence electrons. The maximum atomic E-state index is 13.4. The van der Waals surface area contributed by atoms with Gasteiger partial charge in [-0.3, -0.25) is 4.79 Å². The molecule has 1 amide bonds. The van der Waals surface area contributed by atoms with Crippen molar-refractivity contribution in [2.45, 2.75) is 20.4 Å². The third-order valence-corrected chi connectivity index (χ3v) is 4.63. The summed E-state index contributed by atoms with van der Waals surface area (Å²) in [4.78, 5) is 19.6. The second-order valence-corrected chi connectivity index (χ2v) is 6.42. The topological polar surface area (TPSA) is 59.2 Å². The van der Waals surface area contributed by atoms with Gasteiger partial charge in [0.05, 0.1) is 17.8 Å². The molecule has 5 heteroatoms. The third kappa shape index (κ3) is 3.31. The lowest BCUT2D eigenvalue weighted by Crippen LogP contribution is -2.31. The van der Waals surface area contributed by atoms with Crippen LogP contribution in [0.1, 0.15) is 27.5 Å². The highest BCUT2D eigenvalue weighted by Crippen LogP contribution is 2.23. The van der Waals surface area contributed by atoms with Crippen LogP contribution in [0.5, 0.6) is 0 Å². The molecule has 0 bridgehead atoms. The molecule has 0 N–H and O–H groups in total. The second-order valence-electron chi connectivity index (χ2n) is 6.42. The van der Waals surface area contributed by atoms with Gasteiger partial charge in [-0.25, -0.2) is 4.98 Å². The van der Waals surface area contributed by atoms with Gasteiger partial charge in [-0.1, -0.05) is 47.6 Å². The Labute approximate surface area is 157 Å². The molecule has 0 atom stereocenters. The van der Waals surface area contributed by atoms with Crippen molar-refractivity contribution < 1.29 is 9.32 Å². The Morgan fingerprint density at radius 2 is 1.70 bits per heavy atom. The van der Waals surface area contributed by atoms with Gasteiger partial charge in [0, 0.05) is 16.6 Å². The van der Waals surface area contributed by atoms with Crippen LogP contribution in [0.4, 0.5) is 5.69 Å². The number of pyridine rings is 1. The fourth-order valence-corrected chi connectivity index (χ4v) is 3.10. The molecule has 0 saturated carbocycles. The van der Waals surface area contributed by atoms with Gasteiger partial charge in [-0.2, -0.15) is 0 Å². The molecule has 27 heavy (non-hydrogen) atoms. The molecule has 5 nitrogen and oxygen atoms in total. The van der Waals surface area contributed by atoms with Crippen LogP contribution in [-0.2, 0) is 6.54 Å². The molecule has 0 saturated heterocycles. The van der Waals surface area contributed by atoms with Gasteiger partial charge in [-0.15, -0.1) is 0 Å². The van der Waals surface area contributed by atoms with E-state index in [2.05, 4.69) is 10.1 Å². The molecule has 0 radical (unpaired) electrons. The summed E-state index contributed by atoms with van der Waals surface area (Å²) in [6.45, 7) is 4.11. The van der Waals surface area contributed by atoms with E-state index in [1.54, 1.807) is 11.0 Å². The first-order chi connectivity index (χ1) is 13.1. The first kappa shape index (κ1) is 17.0. The lowest BCUT2D eigenvalue weighted by Gasteiger charge is -2.22. The SMILES string of the molecule is Cc1noc(C)c1CN(C(=O)c1ccc2ccccc2n1)c1ccccc1. The molecule has 2 aromatic heterocycles. The van der Waals surface area contributed by atoms with Gasteiger partial charge in [0.1, 0.15) is 11.5 Å². The quantitative estimate of drug-likeness (QED) is 0.532. The highest BCUT2D eigenvalue weighted by Gasteiger charge is 2.22. The molecular weight excluding hydrogens is 338 g/mol. The van der Waals surface area contributed by atoms with E-state index in [0.29, 0.717) is 18.0 Å². The van der Waals surface area contributed by atoms with Crippen molar-refractivity contribution >= 4 is 22.5 Å². The summed E-state index contributed by atoms with van der Waals surface area (Å²) in [6, 6.07) is 21.0. The van der Waals surface area contributed by atoms with Crippen LogP contribution < -0.4 is 4.90 Å². The van der Waals surface area contributed by atoms with E-state index < -0.39 is 0 Å². The molecule has 4 rings (SSSR count). The number of hydrogen-bond donors (Lipinski definition) is 0. The van der Waals surface area contributed by atoms with E-state index >= 15 is 0 Å². The predicted molar refractivity (Wildman–Crippen MR) is 105 cm³/mol. The highest BCUT2D eigenvalue weighted by atomic mass is 16.5. The van der Waals surface area contributed by atoms with Crippen LogP contribution in [0.15, 0.2) is 71.3 Å². The zero-order valence-corrected chi connectivity index (χ0v) is 15.2. The van der Waals surface area contributed by atoms with Crippen LogP contribution >= 0.6 is 0 Å². The molecule has 4 aromatic rings. The fraction of sp³-hybridized carbons (Fsp3) is 0.136. The lowest BCUT2D eigenvalue weighted by molar-refractivity contribution is 0.0980. The average Bonchev–Trinajstić information content (AvgIpc) is 3.03.